The van der Waals surface area contributed by atoms with Gasteiger partial charge in [0.15, 0.2) is 5.15 Å². The van der Waals surface area contributed by atoms with E-state index < -0.39 is 73.8 Å². The maximum Gasteiger partial charge on any atom is 0.408 e. The van der Waals surface area contributed by atoms with Gasteiger partial charge in [-0.3, -0.25) is 19.1 Å². The maximum absolute atomic E-state index is 14.9. The normalized spacial score (nSPS) is 29.8. The molecule has 7 atom stereocenters. The van der Waals surface area contributed by atoms with Gasteiger partial charge >= 0.3 is 6.09 Å². The summed E-state index contributed by atoms with van der Waals surface area (Å²) in [6.07, 6.45) is 5.77. The molecule has 4 amide bonds. The molecule has 2 aliphatic carbocycles. The van der Waals surface area contributed by atoms with Crippen molar-refractivity contribution in [3.05, 3.63) is 35.5 Å². The Bertz CT molecular complexity index is 2020. The van der Waals surface area contributed by atoms with Crippen molar-refractivity contribution < 1.29 is 41.8 Å². The number of sulfonamides is 1. The van der Waals surface area contributed by atoms with Crippen LogP contribution in [0, 0.1) is 17.8 Å². The Labute approximate surface area is 333 Å². The first-order valence-corrected chi connectivity index (χ1v) is 21.2. The first kappa shape index (κ1) is 41.5. The number of nitrogens with zero attached hydrogens (tertiary/aromatic N) is 3. The Kier molecular flexibility index (Phi) is 11.6. The molecule has 306 valence electrons. The van der Waals surface area contributed by atoms with Crippen molar-refractivity contribution in [1.82, 2.24) is 30.2 Å². The highest BCUT2D eigenvalue weighted by Gasteiger charge is 2.63. The van der Waals surface area contributed by atoms with E-state index in [1.165, 1.54) is 12.0 Å². The topological polar surface area (TPSA) is 195 Å². The summed E-state index contributed by atoms with van der Waals surface area (Å²) in [5.41, 5.74) is -1.45. The number of fused-ring (bicyclic) bond motifs is 3. The van der Waals surface area contributed by atoms with Gasteiger partial charge in [0.1, 0.15) is 35.1 Å². The van der Waals surface area contributed by atoms with Gasteiger partial charge < -0.3 is 29.7 Å². The molecule has 4 aliphatic rings. The number of aromatic nitrogens is 2. The third-order valence-electron chi connectivity index (χ3n) is 11.4. The molecule has 0 unspecified atom stereocenters. The molecule has 0 radical (unpaired) electrons. The van der Waals surface area contributed by atoms with Gasteiger partial charge in [0, 0.05) is 18.4 Å². The maximum atomic E-state index is 14.9. The number of nitrogens with one attached hydrogen (secondary N) is 3. The highest BCUT2D eigenvalue weighted by molar-refractivity contribution is 7.91. The smallest absolute Gasteiger partial charge is 0.408 e. The van der Waals surface area contributed by atoms with Crippen LogP contribution in [0.4, 0.5) is 4.79 Å². The molecular formula is C39H53ClN6O9S. The summed E-state index contributed by atoms with van der Waals surface area (Å²) in [7, 11) is -2.49. The lowest BCUT2D eigenvalue weighted by atomic mass is 9.85. The molecule has 56 heavy (non-hydrogen) atoms. The van der Waals surface area contributed by atoms with Gasteiger partial charge in [-0.15, -0.1) is 0 Å². The van der Waals surface area contributed by atoms with Crippen molar-refractivity contribution in [3.8, 4) is 11.6 Å². The Hall–Kier alpha value is -4.18. The lowest BCUT2D eigenvalue weighted by Gasteiger charge is -2.34. The number of allylic oxidation sites excluding steroid dienone is 1. The minimum Gasteiger partial charge on any atom is -0.497 e. The number of methoxy groups -OCH3 is 1. The molecule has 1 aromatic carbocycles. The van der Waals surface area contributed by atoms with Crippen LogP contribution in [-0.4, -0.2) is 94.8 Å². The van der Waals surface area contributed by atoms with Crippen LogP contribution in [0.2, 0.25) is 5.15 Å². The molecular weight excluding hydrogens is 764 g/mol. The molecule has 0 bridgehead atoms. The number of benzene rings is 1. The zero-order valence-corrected chi connectivity index (χ0v) is 34.6. The predicted molar refractivity (Wildman–Crippen MR) is 208 cm³/mol. The number of carbonyl (C=O) groups excluding carboxylic acids is 4. The minimum atomic E-state index is -4.02. The van der Waals surface area contributed by atoms with Gasteiger partial charge in [0.05, 0.1) is 29.4 Å². The largest absolute Gasteiger partial charge is 0.497 e. The summed E-state index contributed by atoms with van der Waals surface area (Å²) in [4.78, 5) is 67.0. The number of hydrogen-bond acceptors (Lipinski definition) is 11. The third-order valence-corrected chi connectivity index (χ3v) is 13.8. The molecule has 2 saturated carbocycles. The standard InChI is InChI=1S/C39H53ClN6O9S/c1-8-23-17-22(2)11-9-10-12-24-20-39(24,35(49)45-56(51,52)38(6)15-16-38)44-32(47)29-19-26(21-46(29)34(48)30(23)43-36(50)55-37(3,4)5)54-33-31(40)41-27-14-13-25(53-7)18-28(27)42-33/h10,12-14,18,22-24,26,29-30H,8-9,11,15-17,19-21H2,1-7H3,(H,43,50)(H,44,47)(H,45,49)/b12-10-/t22-,23-,24-,26-,29+,30+,39-/m1/s1. The van der Waals surface area contributed by atoms with Gasteiger partial charge in [-0.25, -0.2) is 23.2 Å². The van der Waals surface area contributed by atoms with E-state index in [1.807, 2.05) is 19.1 Å². The van der Waals surface area contributed by atoms with Crippen LogP contribution in [-0.2, 0) is 29.1 Å². The first-order chi connectivity index (χ1) is 26.3. The molecule has 1 aromatic heterocycles. The van der Waals surface area contributed by atoms with Crippen LogP contribution < -0.4 is 24.8 Å². The number of carbonyl (C=O) groups is 4. The molecule has 6 rings (SSSR count). The fourth-order valence-corrected chi connectivity index (χ4v) is 9.10. The van der Waals surface area contributed by atoms with Crippen LogP contribution >= 0.6 is 11.6 Å². The zero-order valence-electron chi connectivity index (χ0n) is 33.0. The average molecular weight is 817 g/mol. The molecule has 3 fully saturated rings. The highest BCUT2D eigenvalue weighted by Crippen LogP contribution is 2.47. The first-order valence-electron chi connectivity index (χ1n) is 19.3. The van der Waals surface area contributed by atoms with Gasteiger partial charge in [0.25, 0.3) is 11.8 Å². The van der Waals surface area contributed by atoms with E-state index >= 15 is 0 Å². The lowest BCUT2D eigenvalue weighted by Crippen LogP contribution is -2.59. The molecule has 3 heterocycles. The van der Waals surface area contributed by atoms with Crippen molar-refractivity contribution in [2.45, 2.75) is 127 Å². The molecule has 2 aliphatic heterocycles. The van der Waals surface area contributed by atoms with Gasteiger partial charge in [-0.05, 0) is 90.2 Å². The number of hydrogen-bond donors (Lipinski definition) is 3. The highest BCUT2D eigenvalue weighted by atomic mass is 35.5. The Morgan fingerprint density at radius 3 is 2.52 bits per heavy atom. The van der Waals surface area contributed by atoms with Crippen LogP contribution in [0.5, 0.6) is 11.6 Å². The molecule has 2 aromatic rings. The molecule has 17 heteroatoms. The van der Waals surface area contributed by atoms with E-state index in [0.717, 1.165) is 6.42 Å². The Morgan fingerprint density at radius 2 is 1.86 bits per heavy atom. The van der Waals surface area contributed by atoms with E-state index in [2.05, 4.69) is 32.2 Å². The summed E-state index contributed by atoms with van der Waals surface area (Å²) >= 11 is 6.54. The van der Waals surface area contributed by atoms with Gasteiger partial charge in [-0.1, -0.05) is 44.0 Å². The summed E-state index contributed by atoms with van der Waals surface area (Å²) < 4.78 is 44.8. The van der Waals surface area contributed by atoms with E-state index in [4.69, 9.17) is 25.8 Å². The van der Waals surface area contributed by atoms with Crippen LogP contribution in [0.15, 0.2) is 30.4 Å². The quantitative estimate of drug-likeness (QED) is 0.310. The summed E-state index contributed by atoms with van der Waals surface area (Å²) in [5.74, 6) is -2.14. The monoisotopic (exact) mass is 816 g/mol. The Morgan fingerprint density at radius 1 is 1.12 bits per heavy atom. The second-order valence-corrected chi connectivity index (χ2v) is 19.5. The second-order valence-electron chi connectivity index (χ2n) is 17.0. The molecule has 1 saturated heterocycles. The summed E-state index contributed by atoms with van der Waals surface area (Å²) in [6, 6.07) is 2.85. The summed E-state index contributed by atoms with van der Waals surface area (Å²) in [5, 5.41) is 5.69. The van der Waals surface area contributed by atoms with Crippen molar-refractivity contribution >= 4 is 56.5 Å². The van der Waals surface area contributed by atoms with E-state index in [9.17, 15) is 27.6 Å². The van der Waals surface area contributed by atoms with E-state index in [0.29, 0.717) is 48.9 Å². The molecule has 0 spiro atoms. The van der Waals surface area contributed by atoms with Crippen LogP contribution in [0.3, 0.4) is 0 Å². The number of ether oxygens (including phenoxy) is 3. The number of alkyl carbamates (subject to hydrolysis) is 1. The SMILES string of the molecule is CC[C@@H]1C[C@H](C)CC/C=C\[C@@H]2C[C@@]2(C(=O)NS(=O)(=O)C2(C)CC2)NC(=O)[C@@H]2C[C@@H](Oc3nc4cc(OC)ccc4nc3Cl)CN2C(=O)[C@H]1NC(=O)OC(C)(C)C. The van der Waals surface area contributed by atoms with Crippen molar-refractivity contribution in [3.63, 3.8) is 0 Å². The van der Waals surface area contributed by atoms with Crippen LogP contribution in [0.1, 0.15) is 92.9 Å². The fraction of sp³-hybridized carbons (Fsp3) is 0.641. The molecule has 15 nitrogen and oxygen atoms in total. The zero-order chi connectivity index (χ0) is 40.8. The number of rotatable bonds is 8. The third kappa shape index (κ3) is 8.85. The van der Waals surface area contributed by atoms with Crippen molar-refractivity contribution in [2.75, 3.05) is 13.7 Å². The fourth-order valence-electron chi connectivity index (χ4n) is 7.61. The lowest BCUT2D eigenvalue weighted by molar-refractivity contribution is -0.142. The minimum absolute atomic E-state index is 0.0151. The van der Waals surface area contributed by atoms with E-state index in [-0.39, 0.29) is 42.3 Å². The second kappa shape index (κ2) is 15.6. The number of amides is 4. The van der Waals surface area contributed by atoms with E-state index in [1.54, 1.807) is 45.9 Å². The number of halogens is 1. The predicted octanol–water partition coefficient (Wildman–Crippen LogP) is 4.81. The van der Waals surface area contributed by atoms with Gasteiger partial charge in [-0.2, -0.15) is 0 Å². The van der Waals surface area contributed by atoms with Crippen molar-refractivity contribution in [2.24, 2.45) is 17.8 Å². The average Bonchev–Trinajstić information content (AvgIpc) is 4.00. The Balaban J connectivity index is 1.36. The summed E-state index contributed by atoms with van der Waals surface area (Å²) in [6.45, 7) is 10.7. The van der Waals surface area contributed by atoms with Gasteiger partial charge in [0.2, 0.25) is 21.8 Å². The molecule has 3 N–H and O–H groups in total. The van der Waals surface area contributed by atoms with Crippen LogP contribution in [0.25, 0.3) is 11.0 Å². The van der Waals surface area contributed by atoms with Crippen molar-refractivity contribution in [1.29, 1.82) is 0 Å².